The zero-order valence-corrected chi connectivity index (χ0v) is 26.1. The number of unbranched alkanes of at least 4 members (excludes halogenated alkanes) is 7. The van der Waals surface area contributed by atoms with E-state index < -0.39 is 54.9 Å². The molecule has 0 radical (unpaired) electrons. The van der Waals surface area contributed by atoms with Crippen molar-refractivity contribution < 1.29 is 58.6 Å². The Morgan fingerprint density at radius 2 is 1.23 bits per heavy atom. The third kappa shape index (κ3) is 9.59. The highest BCUT2D eigenvalue weighted by Crippen LogP contribution is 2.54. The van der Waals surface area contributed by atoms with E-state index in [0.29, 0.717) is 17.7 Å². The van der Waals surface area contributed by atoms with Crippen molar-refractivity contribution in [1.29, 1.82) is 0 Å². The van der Waals surface area contributed by atoms with Crippen molar-refractivity contribution in [3.63, 3.8) is 0 Å². The molecule has 0 amide bonds. The molecular weight excluding hydrogens is 661 g/mol. The summed E-state index contributed by atoms with van der Waals surface area (Å²) in [5.74, 6) is -19.8. The minimum Gasteiger partial charge on any atom is -0.494 e. The van der Waals surface area contributed by atoms with Crippen LogP contribution in [0.15, 0.2) is 59.4 Å². The van der Waals surface area contributed by atoms with Gasteiger partial charge in [0, 0.05) is 17.9 Å². The summed E-state index contributed by atoms with van der Waals surface area (Å²) >= 11 is 0. The first kappa shape index (κ1) is 38.5. The van der Waals surface area contributed by atoms with E-state index in [1.165, 1.54) is 62.4 Å². The van der Waals surface area contributed by atoms with Crippen LogP contribution in [0.4, 0.5) is 39.5 Å². The number of ether oxygens (including phenoxy) is 2. The standard InChI is InChI=1S/C33H36F9NO5/c1-2-3-4-5-6-7-8-9-20-47-26-16-17-27-24(22-26)13-18-28(44)43(27)48-29(45)23-11-14-25(15-12-23)46-21-10-19-30(34,35)31(36,37)32(38,39)33(40,41)42/h11-18,22H,2-10,19-21H2,1H3. The lowest BCUT2D eigenvalue weighted by atomic mass is 10.00. The second-order valence-electron chi connectivity index (χ2n) is 11.2. The van der Waals surface area contributed by atoms with Crippen molar-refractivity contribution in [3.8, 4) is 11.5 Å². The molecule has 6 nitrogen and oxygen atoms in total. The number of carbonyl (C=O) groups excluding carboxylic acids is 1. The van der Waals surface area contributed by atoms with Crippen molar-refractivity contribution in [2.24, 2.45) is 0 Å². The molecule has 0 aliphatic rings. The molecule has 48 heavy (non-hydrogen) atoms. The lowest BCUT2D eigenvalue weighted by Crippen LogP contribution is -2.60. The minimum absolute atomic E-state index is 0.0657. The van der Waals surface area contributed by atoms with E-state index in [9.17, 15) is 49.1 Å². The first-order chi connectivity index (χ1) is 22.5. The van der Waals surface area contributed by atoms with Gasteiger partial charge in [-0.05, 0) is 61.4 Å². The fourth-order valence-corrected chi connectivity index (χ4v) is 4.68. The summed E-state index contributed by atoms with van der Waals surface area (Å²) in [6, 6.07) is 12.4. The van der Waals surface area contributed by atoms with Gasteiger partial charge in [0.1, 0.15) is 11.5 Å². The number of halogens is 9. The molecule has 266 valence electrons. The van der Waals surface area contributed by atoms with Crippen LogP contribution >= 0.6 is 0 Å². The number of nitrogens with zero attached hydrogens (tertiary/aromatic N) is 1. The summed E-state index contributed by atoms with van der Waals surface area (Å²) in [7, 11) is 0. The molecule has 15 heteroatoms. The van der Waals surface area contributed by atoms with Gasteiger partial charge in [0.15, 0.2) is 0 Å². The van der Waals surface area contributed by atoms with Crippen LogP contribution in [0.25, 0.3) is 10.9 Å². The van der Waals surface area contributed by atoms with Crippen LogP contribution in [-0.2, 0) is 0 Å². The normalized spacial score (nSPS) is 12.7. The molecule has 0 spiro atoms. The number of fused-ring (bicyclic) bond motifs is 1. The van der Waals surface area contributed by atoms with E-state index in [1.807, 2.05) is 0 Å². The van der Waals surface area contributed by atoms with Gasteiger partial charge < -0.3 is 14.3 Å². The van der Waals surface area contributed by atoms with E-state index in [2.05, 4.69) is 6.92 Å². The van der Waals surface area contributed by atoms with Crippen molar-refractivity contribution in [3.05, 3.63) is 70.5 Å². The summed E-state index contributed by atoms with van der Waals surface area (Å²) in [4.78, 5) is 30.6. The number of benzene rings is 2. The number of alkyl halides is 9. The van der Waals surface area contributed by atoms with Crippen LogP contribution < -0.4 is 19.9 Å². The van der Waals surface area contributed by atoms with Gasteiger partial charge in [-0.1, -0.05) is 51.9 Å². The van der Waals surface area contributed by atoms with Crippen molar-refractivity contribution >= 4 is 16.9 Å². The molecule has 3 rings (SSSR count). The Balaban J connectivity index is 1.52. The SMILES string of the molecule is CCCCCCCCCCOc1ccc2c(ccc(=O)n2OC(=O)c2ccc(OCCCC(F)(F)C(F)(F)C(F)(F)C(F)(F)F)cc2)c1. The monoisotopic (exact) mass is 697 g/mol. The zero-order chi connectivity index (χ0) is 35.6. The van der Waals surface area contributed by atoms with Crippen LogP contribution in [0.3, 0.4) is 0 Å². The molecule has 0 bridgehead atoms. The number of hydrogen-bond donors (Lipinski definition) is 0. The largest absolute Gasteiger partial charge is 0.494 e. The maximum atomic E-state index is 13.7. The Labute approximate surface area is 270 Å². The second-order valence-corrected chi connectivity index (χ2v) is 11.2. The third-order valence-corrected chi connectivity index (χ3v) is 7.47. The van der Waals surface area contributed by atoms with Gasteiger partial charge in [0.05, 0.1) is 24.3 Å². The number of aromatic nitrogens is 1. The summed E-state index contributed by atoms with van der Waals surface area (Å²) in [6.07, 6.45) is -0.650. The molecular formula is C33H36F9NO5. The predicted molar refractivity (Wildman–Crippen MR) is 159 cm³/mol. The van der Waals surface area contributed by atoms with E-state index in [1.54, 1.807) is 24.3 Å². The van der Waals surface area contributed by atoms with E-state index in [4.69, 9.17) is 14.3 Å². The Morgan fingerprint density at radius 3 is 1.85 bits per heavy atom. The van der Waals surface area contributed by atoms with Crippen LogP contribution in [0.5, 0.6) is 11.5 Å². The van der Waals surface area contributed by atoms with Crippen LogP contribution in [0.1, 0.15) is 81.5 Å². The molecule has 0 unspecified atom stereocenters. The predicted octanol–water partition coefficient (Wildman–Crippen LogP) is 9.42. The molecule has 0 aliphatic carbocycles. The van der Waals surface area contributed by atoms with Crippen LogP contribution in [-0.4, -0.2) is 47.9 Å². The Kier molecular flexibility index (Phi) is 13.2. The molecule has 0 saturated carbocycles. The Hall–Kier alpha value is -3.91. The van der Waals surface area contributed by atoms with Crippen molar-refractivity contribution in [2.75, 3.05) is 13.2 Å². The average molecular weight is 698 g/mol. The first-order valence-corrected chi connectivity index (χ1v) is 15.5. The zero-order valence-electron chi connectivity index (χ0n) is 26.1. The Bertz CT molecular complexity index is 1540. The number of pyridine rings is 1. The van der Waals surface area contributed by atoms with Crippen molar-refractivity contribution in [1.82, 2.24) is 4.73 Å². The van der Waals surface area contributed by atoms with Gasteiger partial charge in [-0.2, -0.15) is 39.5 Å². The van der Waals surface area contributed by atoms with E-state index in [-0.39, 0.29) is 16.8 Å². The minimum atomic E-state index is -6.95. The third-order valence-electron chi connectivity index (χ3n) is 7.47. The smallest absolute Gasteiger partial charge is 0.460 e. The van der Waals surface area contributed by atoms with Gasteiger partial charge in [0.25, 0.3) is 5.56 Å². The lowest BCUT2D eigenvalue weighted by molar-refractivity contribution is -0.396. The summed E-state index contributed by atoms with van der Waals surface area (Å²) in [6.45, 7) is 1.96. The summed E-state index contributed by atoms with van der Waals surface area (Å²) < 4.78 is 129. The maximum absolute atomic E-state index is 13.7. The van der Waals surface area contributed by atoms with Gasteiger partial charge in [-0.15, -0.1) is 4.73 Å². The number of carbonyl (C=O) groups is 1. The molecule has 0 fully saturated rings. The fourth-order valence-electron chi connectivity index (χ4n) is 4.68. The highest BCUT2D eigenvalue weighted by atomic mass is 19.4. The molecule has 2 aromatic carbocycles. The van der Waals surface area contributed by atoms with E-state index >= 15 is 0 Å². The van der Waals surface area contributed by atoms with Gasteiger partial charge in [0.2, 0.25) is 0 Å². The molecule has 1 heterocycles. The highest BCUT2D eigenvalue weighted by molar-refractivity contribution is 5.90. The van der Waals surface area contributed by atoms with Gasteiger partial charge in [-0.25, -0.2) is 4.79 Å². The van der Waals surface area contributed by atoms with Crippen LogP contribution in [0, 0.1) is 0 Å². The average Bonchev–Trinajstić information content (AvgIpc) is 3.03. The lowest BCUT2D eigenvalue weighted by Gasteiger charge is -2.33. The fraction of sp³-hybridized carbons (Fsp3) is 0.515. The molecule has 0 saturated heterocycles. The number of rotatable bonds is 19. The van der Waals surface area contributed by atoms with Crippen molar-refractivity contribution in [2.45, 2.75) is 95.1 Å². The molecule has 0 aliphatic heterocycles. The molecule has 1 aromatic heterocycles. The second kappa shape index (κ2) is 16.5. The van der Waals surface area contributed by atoms with Gasteiger partial charge in [-0.3, -0.25) is 4.79 Å². The summed E-state index contributed by atoms with van der Waals surface area (Å²) in [5.41, 5.74) is -0.429. The topological polar surface area (TPSA) is 66.8 Å². The van der Waals surface area contributed by atoms with Gasteiger partial charge >= 0.3 is 29.9 Å². The summed E-state index contributed by atoms with van der Waals surface area (Å²) in [5, 5.41) is 0.560. The quantitative estimate of drug-likeness (QED) is 0.0923. The van der Waals surface area contributed by atoms with Crippen LogP contribution in [0.2, 0.25) is 0 Å². The molecule has 0 atom stereocenters. The first-order valence-electron chi connectivity index (χ1n) is 15.5. The molecule has 0 N–H and O–H groups in total. The highest BCUT2D eigenvalue weighted by Gasteiger charge is 2.81. The Morgan fingerprint density at radius 1 is 0.667 bits per heavy atom. The molecule has 3 aromatic rings. The number of hydrogen-bond acceptors (Lipinski definition) is 5. The van der Waals surface area contributed by atoms with E-state index in [0.717, 1.165) is 24.0 Å². The maximum Gasteiger partial charge on any atom is 0.460 e.